The van der Waals surface area contributed by atoms with Crippen molar-refractivity contribution in [1.29, 1.82) is 0 Å². The Bertz CT molecular complexity index is 401. The van der Waals surface area contributed by atoms with Crippen molar-refractivity contribution in [3.63, 3.8) is 0 Å². The lowest BCUT2D eigenvalue weighted by atomic mass is 10.2. The summed E-state index contributed by atoms with van der Waals surface area (Å²) in [4.78, 5) is 22.9. The molecule has 4 heteroatoms. The lowest BCUT2D eigenvalue weighted by Gasteiger charge is -2.04. The first-order chi connectivity index (χ1) is 8.15. The molecule has 0 fully saturated rings. The van der Waals surface area contributed by atoms with E-state index in [9.17, 15) is 9.59 Å². The number of carbonyl (C=O) groups is 2. The largest absolute Gasteiger partial charge is 0.398 e. The number of rotatable bonds is 5. The highest BCUT2D eigenvalue weighted by atomic mass is 16.6. The summed E-state index contributed by atoms with van der Waals surface area (Å²) in [6, 6.07) is 6.53. The summed E-state index contributed by atoms with van der Waals surface area (Å²) in [7, 11) is 0. The molecule has 0 atom stereocenters. The summed E-state index contributed by atoms with van der Waals surface area (Å²) in [6.45, 7) is 2.04. The number of carbonyl (C=O) groups excluding carboxylic acids is 2. The van der Waals surface area contributed by atoms with Gasteiger partial charge >= 0.3 is 11.9 Å². The van der Waals surface area contributed by atoms with Crippen LogP contribution in [0.25, 0.3) is 0 Å². The summed E-state index contributed by atoms with van der Waals surface area (Å²) in [5.41, 5.74) is 6.16. The topological polar surface area (TPSA) is 69.4 Å². The molecule has 0 spiro atoms. The van der Waals surface area contributed by atoms with Crippen molar-refractivity contribution in [2.24, 2.45) is 0 Å². The second kappa shape index (κ2) is 6.68. The van der Waals surface area contributed by atoms with E-state index >= 15 is 0 Å². The van der Waals surface area contributed by atoms with Crippen LogP contribution in [-0.2, 0) is 9.53 Å². The van der Waals surface area contributed by atoms with Gasteiger partial charge < -0.3 is 10.5 Å². The molecule has 17 heavy (non-hydrogen) atoms. The summed E-state index contributed by atoms with van der Waals surface area (Å²) < 4.78 is 4.71. The van der Waals surface area contributed by atoms with Crippen LogP contribution in [0.3, 0.4) is 0 Å². The minimum atomic E-state index is -0.676. The molecule has 0 saturated heterocycles. The van der Waals surface area contributed by atoms with Gasteiger partial charge in [0.2, 0.25) is 0 Å². The first-order valence-corrected chi connectivity index (χ1v) is 5.74. The normalized spacial score (nSPS) is 9.94. The predicted molar refractivity (Wildman–Crippen MR) is 65.4 cm³/mol. The van der Waals surface area contributed by atoms with Crippen LogP contribution in [0.1, 0.15) is 43.0 Å². The van der Waals surface area contributed by atoms with Crippen molar-refractivity contribution < 1.29 is 14.3 Å². The van der Waals surface area contributed by atoms with Crippen molar-refractivity contribution in [3.8, 4) is 0 Å². The number of nitrogens with two attached hydrogens (primary N) is 1. The zero-order valence-corrected chi connectivity index (χ0v) is 9.94. The lowest BCUT2D eigenvalue weighted by Crippen LogP contribution is -2.13. The average Bonchev–Trinajstić information content (AvgIpc) is 2.29. The van der Waals surface area contributed by atoms with Crippen molar-refractivity contribution in [1.82, 2.24) is 0 Å². The van der Waals surface area contributed by atoms with E-state index < -0.39 is 11.9 Å². The number of nitrogen functional groups attached to an aromatic ring is 1. The number of para-hydroxylation sites is 1. The van der Waals surface area contributed by atoms with Crippen LogP contribution in [0, 0.1) is 0 Å². The quantitative estimate of drug-likeness (QED) is 0.368. The minimum absolute atomic E-state index is 0.233. The molecule has 1 aromatic carbocycles. The highest BCUT2D eigenvalue weighted by Gasteiger charge is 2.14. The third-order valence-electron chi connectivity index (χ3n) is 2.37. The van der Waals surface area contributed by atoms with E-state index in [-0.39, 0.29) is 12.0 Å². The molecule has 0 radical (unpaired) electrons. The first-order valence-electron chi connectivity index (χ1n) is 5.74. The Kier molecular flexibility index (Phi) is 5.20. The van der Waals surface area contributed by atoms with Crippen molar-refractivity contribution >= 4 is 17.6 Å². The fourth-order valence-electron chi connectivity index (χ4n) is 1.41. The Labute approximate surface area is 101 Å². The standard InChI is InChI=1S/C13H17NO3/c1-2-3-4-9-12(15)17-13(16)10-7-5-6-8-11(10)14/h5-8H,2-4,9,14H2,1H3. The van der Waals surface area contributed by atoms with Crippen LogP contribution in [0.15, 0.2) is 24.3 Å². The monoisotopic (exact) mass is 235 g/mol. The van der Waals surface area contributed by atoms with Crippen molar-refractivity contribution in [3.05, 3.63) is 29.8 Å². The van der Waals surface area contributed by atoms with Gasteiger partial charge in [0.25, 0.3) is 0 Å². The number of anilines is 1. The number of hydrogen-bond acceptors (Lipinski definition) is 4. The molecule has 0 aliphatic rings. The van der Waals surface area contributed by atoms with E-state index in [1.54, 1.807) is 18.2 Å². The van der Waals surface area contributed by atoms with Crippen molar-refractivity contribution in [2.75, 3.05) is 5.73 Å². The Morgan fingerprint density at radius 1 is 1.24 bits per heavy atom. The Morgan fingerprint density at radius 2 is 1.94 bits per heavy atom. The van der Waals surface area contributed by atoms with Crippen LogP contribution in [0.2, 0.25) is 0 Å². The number of benzene rings is 1. The smallest absolute Gasteiger partial charge is 0.347 e. The molecule has 4 nitrogen and oxygen atoms in total. The fraction of sp³-hybridized carbons (Fsp3) is 0.385. The van der Waals surface area contributed by atoms with Gasteiger partial charge in [0, 0.05) is 12.1 Å². The average molecular weight is 235 g/mol. The molecule has 0 heterocycles. The van der Waals surface area contributed by atoms with Gasteiger partial charge in [0.1, 0.15) is 0 Å². The van der Waals surface area contributed by atoms with E-state index in [1.165, 1.54) is 6.07 Å². The molecule has 1 rings (SSSR count). The SMILES string of the molecule is CCCCCC(=O)OC(=O)c1ccccc1N. The summed E-state index contributed by atoms with van der Waals surface area (Å²) in [5.74, 6) is -1.17. The second-order valence-corrected chi connectivity index (χ2v) is 3.81. The van der Waals surface area contributed by atoms with Gasteiger partial charge in [0.15, 0.2) is 0 Å². The van der Waals surface area contributed by atoms with Crippen LogP contribution in [0.5, 0.6) is 0 Å². The van der Waals surface area contributed by atoms with E-state index in [2.05, 4.69) is 0 Å². The molecular weight excluding hydrogens is 218 g/mol. The molecule has 0 aliphatic carbocycles. The number of hydrogen-bond donors (Lipinski definition) is 1. The number of esters is 2. The Morgan fingerprint density at radius 3 is 2.59 bits per heavy atom. The lowest BCUT2D eigenvalue weighted by molar-refractivity contribution is -0.138. The highest BCUT2D eigenvalue weighted by molar-refractivity contribution is 6.00. The van der Waals surface area contributed by atoms with Crippen LogP contribution >= 0.6 is 0 Å². The fourth-order valence-corrected chi connectivity index (χ4v) is 1.41. The molecule has 1 aromatic rings. The second-order valence-electron chi connectivity index (χ2n) is 3.81. The van der Waals surface area contributed by atoms with E-state index in [4.69, 9.17) is 10.5 Å². The van der Waals surface area contributed by atoms with Crippen LogP contribution in [0.4, 0.5) is 5.69 Å². The molecule has 0 amide bonds. The molecule has 0 aliphatic heterocycles. The molecular formula is C13H17NO3. The number of ether oxygens (including phenoxy) is 1. The highest BCUT2D eigenvalue weighted by Crippen LogP contribution is 2.12. The Hall–Kier alpha value is -1.84. The molecule has 0 bridgehead atoms. The molecule has 2 N–H and O–H groups in total. The third kappa shape index (κ3) is 4.26. The van der Waals surface area contributed by atoms with Crippen LogP contribution < -0.4 is 5.73 Å². The van der Waals surface area contributed by atoms with Gasteiger partial charge in [0.05, 0.1) is 5.56 Å². The zero-order valence-electron chi connectivity index (χ0n) is 9.94. The van der Waals surface area contributed by atoms with Crippen molar-refractivity contribution in [2.45, 2.75) is 32.6 Å². The van der Waals surface area contributed by atoms with E-state index in [1.807, 2.05) is 6.92 Å². The van der Waals surface area contributed by atoms with E-state index in [0.29, 0.717) is 5.69 Å². The summed E-state index contributed by atoms with van der Waals surface area (Å²) >= 11 is 0. The van der Waals surface area contributed by atoms with Gasteiger partial charge in [-0.05, 0) is 18.6 Å². The Balaban J connectivity index is 2.49. The molecule has 0 aromatic heterocycles. The summed E-state index contributed by atoms with van der Waals surface area (Å²) in [6.07, 6.45) is 2.99. The molecule has 0 unspecified atom stereocenters. The molecule has 92 valence electrons. The zero-order chi connectivity index (χ0) is 12.7. The predicted octanol–water partition coefficient (Wildman–Crippen LogP) is 2.53. The van der Waals surface area contributed by atoms with Gasteiger partial charge in [-0.25, -0.2) is 4.79 Å². The van der Waals surface area contributed by atoms with Gasteiger partial charge in [-0.1, -0.05) is 31.9 Å². The third-order valence-corrected chi connectivity index (χ3v) is 2.37. The maximum absolute atomic E-state index is 11.6. The minimum Gasteiger partial charge on any atom is -0.398 e. The van der Waals surface area contributed by atoms with E-state index in [0.717, 1.165) is 19.3 Å². The van der Waals surface area contributed by atoms with Gasteiger partial charge in [-0.15, -0.1) is 0 Å². The molecule has 0 saturated carbocycles. The maximum atomic E-state index is 11.6. The van der Waals surface area contributed by atoms with Gasteiger partial charge in [-0.3, -0.25) is 4.79 Å². The number of unbranched alkanes of at least 4 members (excludes halogenated alkanes) is 2. The van der Waals surface area contributed by atoms with Gasteiger partial charge in [-0.2, -0.15) is 0 Å². The summed E-state index contributed by atoms with van der Waals surface area (Å²) in [5, 5.41) is 0. The maximum Gasteiger partial charge on any atom is 0.347 e. The van der Waals surface area contributed by atoms with Crippen LogP contribution in [-0.4, -0.2) is 11.9 Å². The first kappa shape index (κ1) is 13.2.